The maximum atomic E-state index is 3.33. The molecule has 0 amide bonds. The van der Waals surface area contributed by atoms with Crippen LogP contribution in [0.5, 0.6) is 0 Å². The van der Waals surface area contributed by atoms with E-state index < -0.39 is 0 Å². The highest BCUT2D eigenvalue weighted by atomic mass is 32.2. The lowest BCUT2D eigenvalue weighted by molar-refractivity contribution is 0.292. The Morgan fingerprint density at radius 2 is 2.17 bits per heavy atom. The second-order valence-corrected chi connectivity index (χ2v) is 3.55. The number of nitrogens with one attached hydrogen (secondary N) is 2. The van der Waals surface area contributed by atoms with Crippen LogP contribution < -0.4 is 10.0 Å². The van der Waals surface area contributed by atoms with Crippen molar-refractivity contribution in [3.8, 4) is 0 Å². The minimum Gasteiger partial charge on any atom is -0.355 e. The van der Waals surface area contributed by atoms with Crippen LogP contribution in [-0.4, -0.2) is 31.1 Å². The van der Waals surface area contributed by atoms with Gasteiger partial charge >= 0.3 is 0 Å². The number of nitrogens with zero attached hydrogens (tertiary/aromatic N) is 1. The predicted octanol–water partition coefficient (Wildman–Crippen LogP) is 0.498. The first-order valence-electron chi connectivity index (χ1n) is 4.21. The topological polar surface area (TPSA) is 27.3 Å². The molecule has 0 aliphatic carbocycles. The van der Waals surface area contributed by atoms with Gasteiger partial charge < -0.3 is 14.9 Å². The first kappa shape index (κ1) is 8.01. The maximum absolute atomic E-state index is 3.33. The van der Waals surface area contributed by atoms with Gasteiger partial charge in [0.2, 0.25) is 0 Å². The molecule has 1 saturated heterocycles. The highest BCUT2D eigenvalue weighted by molar-refractivity contribution is 8.00. The molecule has 2 aliphatic heterocycles. The minimum absolute atomic E-state index is 1.09. The molecule has 0 saturated carbocycles. The van der Waals surface area contributed by atoms with Gasteiger partial charge in [-0.2, -0.15) is 0 Å². The van der Waals surface area contributed by atoms with E-state index in [-0.39, 0.29) is 0 Å². The number of hydrogen-bond acceptors (Lipinski definition) is 4. The molecule has 66 valence electrons. The van der Waals surface area contributed by atoms with Gasteiger partial charge in [0, 0.05) is 26.2 Å². The summed E-state index contributed by atoms with van der Waals surface area (Å²) in [5, 5.41) is 5.38. The van der Waals surface area contributed by atoms with Crippen molar-refractivity contribution in [3.05, 3.63) is 23.4 Å². The van der Waals surface area contributed by atoms with E-state index in [1.807, 2.05) is 5.41 Å². The van der Waals surface area contributed by atoms with E-state index in [0.717, 1.165) is 26.2 Å². The molecule has 0 aromatic carbocycles. The molecular formula is C8H13N3S. The van der Waals surface area contributed by atoms with Gasteiger partial charge in [-0.05, 0) is 23.4 Å². The summed E-state index contributed by atoms with van der Waals surface area (Å²) in [5.41, 5.74) is 0. The largest absolute Gasteiger partial charge is 0.355 e. The summed E-state index contributed by atoms with van der Waals surface area (Å²) in [4.78, 5) is 2.37. The van der Waals surface area contributed by atoms with Gasteiger partial charge in [0.15, 0.2) is 0 Å². The van der Waals surface area contributed by atoms with E-state index >= 15 is 0 Å². The average Bonchev–Trinajstić information content (AvgIpc) is 2.21. The third kappa shape index (κ3) is 1.76. The molecule has 2 N–H and O–H groups in total. The molecule has 0 atom stereocenters. The highest BCUT2D eigenvalue weighted by Gasteiger charge is 2.12. The zero-order valence-electron chi connectivity index (χ0n) is 6.92. The van der Waals surface area contributed by atoms with Crippen molar-refractivity contribution < 1.29 is 0 Å². The van der Waals surface area contributed by atoms with Crippen LogP contribution in [0.25, 0.3) is 0 Å². The lowest BCUT2D eigenvalue weighted by Gasteiger charge is -2.31. The van der Waals surface area contributed by atoms with E-state index in [4.69, 9.17) is 0 Å². The zero-order valence-corrected chi connectivity index (χ0v) is 7.73. The van der Waals surface area contributed by atoms with Gasteiger partial charge in [-0.3, -0.25) is 0 Å². The summed E-state index contributed by atoms with van der Waals surface area (Å²) in [7, 11) is 0. The summed E-state index contributed by atoms with van der Waals surface area (Å²) in [6, 6.07) is 0. The molecule has 2 aliphatic rings. The highest BCUT2D eigenvalue weighted by Crippen LogP contribution is 2.12. The second kappa shape index (κ2) is 3.87. The number of piperazine rings is 1. The molecule has 0 aromatic heterocycles. The van der Waals surface area contributed by atoms with E-state index in [1.54, 1.807) is 11.9 Å². The summed E-state index contributed by atoms with van der Waals surface area (Å²) < 4.78 is 3.28. The maximum Gasteiger partial charge on any atom is 0.112 e. The zero-order chi connectivity index (χ0) is 8.23. The molecule has 1 fully saturated rings. The quantitative estimate of drug-likeness (QED) is 0.579. The second-order valence-electron chi connectivity index (χ2n) is 2.84. The van der Waals surface area contributed by atoms with Gasteiger partial charge in [-0.25, -0.2) is 0 Å². The Morgan fingerprint density at radius 1 is 1.33 bits per heavy atom. The molecule has 0 aromatic rings. The van der Waals surface area contributed by atoms with Crippen LogP contribution in [0.3, 0.4) is 0 Å². The van der Waals surface area contributed by atoms with E-state index in [0.29, 0.717) is 0 Å². The smallest absolute Gasteiger partial charge is 0.112 e. The summed E-state index contributed by atoms with van der Waals surface area (Å²) in [6.07, 6.45) is 4.21. The Hall–Kier alpha value is -0.610. The molecular weight excluding hydrogens is 170 g/mol. The van der Waals surface area contributed by atoms with E-state index in [2.05, 4.69) is 27.1 Å². The van der Waals surface area contributed by atoms with Crippen molar-refractivity contribution in [3.63, 3.8) is 0 Å². The molecule has 0 spiro atoms. The first-order chi connectivity index (χ1) is 5.97. The monoisotopic (exact) mass is 183 g/mol. The lowest BCUT2D eigenvalue weighted by atomic mass is 10.3. The first-order valence-corrected chi connectivity index (χ1v) is 5.09. The predicted molar refractivity (Wildman–Crippen MR) is 52.4 cm³/mol. The standard InChI is InChI=1S/C8H13N3S/c1-2-8(10-12-7-1)11-5-3-9-4-6-11/h1-2,7,9-10H,3-6H2. The SMILES string of the molecule is C1=CSNC(N2CCNCC2)=C1. The Balaban J connectivity index is 1.97. The Kier molecular flexibility index (Phi) is 2.58. The van der Waals surface area contributed by atoms with Crippen LogP contribution in [-0.2, 0) is 0 Å². The molecule has 12 heavy (non-hydrogen) atoms. The minimum atomic E-state index is 1.09. The van der Waals surface area contributed by atoms with Gasteiger partial charge in [0.25, 0.3) is 0 Å². The molecule has 0 bridgehead atoms. The van der Waals surface area contributed by atoms with Crippen molar-refractivity contribution in [1.29, 1.82) is 0 Å². The van der Waals surface area contributed by atoms with Gasteiger partial charge in [0.1, 0.15) is 5.82 Å². The Labute approximate surface area is 77.0 Å². The lowest BCUT2D eigenvalue weighted by Crippen LogP contribution is -2.44. The van der Waals surface area contributed by atoms with Crippen LogP contribution in [0.2, 0.25) is 0 Å². The number of hydrogen-bond donors (Lipinski definition) is 2. The van der Waals surface area contributed by atoms with Gasteiger partial charge in [-0.15, -0.1) is 0 Å². The van der Waals surface area contributed by atoms with Crippen molar-refractivity contribution in [2.75, 3.05) is 26.2 Å². The van der Waals surface area contributed by atoms with Crippen LogP contribution in [0.15, 0.2) is 23.4 Å². The van der Waals surface area contributed by atoms with Crippen molar-refractivity contribution in [2.24, 2.45) is 0 Å². The van der Waals surface area contributed by atoms with Gasteiger partial charge in [0.05, 0.1) is 0 Å². The van der Waals surface area contributed by atoms with Crippen molar-refractivity contribution >= 4 is 11.9 Å². The molecule has 0 radical (unpaired) electrons. The number of rotatable bonds is 1. The van der Waals surface area contributed by atoms with Crippen LogP contribution in [0.1, 0.15) is 0 Å². The van der Waals surface area contributed by atoms with E-state index in [9.17, 15) is 0 Å². The summed E-state index contributed by atoms with van der Waals surface area (Å²) in [6.45, 7) is 4.39. The van der Waals surface area contributed by atoms with Crippen LogP contribution in [0, 0.1) is 0 Å². The number of allylic oxidation sites excluding steroid dienone is 2. The molecule has 2 heterocycles. The fraction of sp³-hybridized carbons (Fsp3) is 0.500. The van der Waals surface area contributed by atoms with Crippen molar-refractivity contribution in [2.45, 2.75) is 0 Å². The Morgan fingerprint density at radius 3 is 2.83 bits per heavy atom. The summed E-state index contributed by atoms with van der Waals surface area (Å²) in [5.74, 6) is 1.24. The van der Waals surface area contributed by atoms with Crippen LogP contribution >= 0.6 is 11.9 Å². The summed E-state index contributed by atoms with van der Waals surface area (Å²) >= 11 is 1.64. The third-order valence-electron chi connectivity index (χ3n) is 2.02. The molecule has 3 nitrogen and oxygen atoms in total. The molecule has 0 unspecified atom stereocenters. The molecule has 4 heteroatoms. The fourth-order valence-electron chi connectivity index (χ4n) is 1.37. The van der Waals surface area contributed by atoms with Crippen LogP contribution in [0.4, 0.5) is 0 Å². The molecule has 2 rings (SSSR count). The third-order valence-corrected chi connectivity index (χ3v) is 2.64. The van der Waals surface area contributed by atoms with Gasteiger partial charge in [-0.1, -0.05) is 6.08 Å². The Bertz CT molecular complexity index is 206. The van der Waals surface area contributed by atoms with E-state index in [1.165, 1.54) is 5.82 Å². The average molecular weight is 183 g/mol. The fourth-order valence-corrected chi connectivity index (χ4v) is 1.92. The van der Waals surface area contributed by atoms with Crippen molar-refractivity contribution in [1.82, 2.24) is 14.9 Å². The normalized spacial score (nSPS) is 23.3.